The van der Waals surface area contributed by atoms with Gasteiger partial charge in [0.25, 0.3) is 0 Å². The van der Waals surface area contributed by atoms with Gasteiger partial charge in [-0.3, -0.25) is 4.79 Å². The number of nitrogens with one attached hydrogen (secondary N) is 1. The molecule has 1 atom stereocenters. The number of hydrogen-bond acceptors (Lipinski definition) is 4. The van der Waals surface area contributed by atoms with Crippen molar-refractivity contribution in [3.8, 4) is 22.7 Å². The molecular formula is C25H25Cl2N3O3. The van der Waals surface area contributed by atoms with Crippen LogP contribution in [0.25, 0.3) is 16.9 Å². The molecule has 3 aromatic rings. The molecular weight excluding hydrogens is 461 g/mol. The molecule has 1 unspecified atom stereocenters. The van der Waals surface area contributed by atoms with E-state index in [1.165, 1.54) is 0 Å². The summed E-state index contributed by atoms with van der Waals surface area (Å²) in [7, 11) is 0. The van der Waals surface area contributed by atoms with Crippen LogP contribution < -0.4 is 10.1 Å². The third kappa shape index (κ3) is 4.60. The van der Waals surface area contributed by atoms with E-state index in [1.54, 1.807) is 0 Å². The molecule has 2 aliphatic heterocycles. The topological polar surface area (TPSA) is 65.4 Å². The predicted molar refractivity (Wildman–Crippen MR) is 128 cm³/mol. The fraction of sp³-hybridized carbons (Fsp3) is 0.360. The maximum absolute atomic E-state index is 13.0. The van der Waals surface area contributed by atoms with E-state index in [2.05, 4.69) is 5.32 Å². The minimum atomic E-state index is -0.243. The number of carbonyl (C=O) groups is 1. The number of benzene rings is 2. The van der Waals surface area contributed by atoms with E-state index in [-0.39, 0.29) is 17.9 Å². The second kappa shape index (κ2) is 9.75. The van der Waals surface area contributed by atoms with Crippen molar-refractivity contribution in [1.82, 2.24) is 15.1 Å². The van der Waals surface area contributed by atoms with Crippen molar-refractivity contribution >= 4 is 29.1 Å². The molecule has 1 fully saturated rings. The van der Waals surface area contributed by atoms with Gasteiger partial charge in [0.05, 0.1) is 23.4 Å². The van der Waals surface area contributed by atoms with Gasteiger partial charge in [-0.25, -0.2) is 4.68 Å². The summed E-state index contributed by atoms with van der Waals surface area (Å²) < 4.78 is 13.5. The Kier molecular flexibility index (Phi) is 6.58. The zero-order valence-electron chi connectivity index (χ0n) is 18.1. The molecule has 33 heavy (non-hydrogen) atoms. The number of aromatic nitrogens is 2. The van der Waals surface area contributed by atoms with Crippen molar-refractivity contribution in [2.24, 2.45) is 5.92 Å². The van der Waals surface area contributed by atoms with E-state index in [1.807, 2.05) is 53.2 Å². The maximum atomic E-state index is 13.0. The summed E-state index contributed by atoms with van der Waals surface area (Å²) in [4.78, 5) is 13.0. The van der Waals surface area contributed by atoms with Crippen LogP contribution in [0.3, 0.4) is 0 Å². The summed E-state index contributed by atoms with van der Waals surface area (Å²) in [6, 6.07) is 14.9. The van der Waals surface area contributed by atoms with Gasteiger partial charge in [-0.1, -0.05) is 47.5 Å². The van der Waals surface area contributed by atoms with Crippen LogP contribution in [-0.4, -0.2) is 35.5 Å². The van der Waals surface area contributed by atoms with Gasteiger partial charge in [0.2, 0.25) is 5.91 Å². The zero-order chi connectivity index (χ0) is 22.8. The number of halogens is 2. The molecule has 1 saturated heterocycles. The minimum Gasteiger partial charge on any atom is -0.489 e. The van der Waals surface area contributed by atoms with Gasteiger partial charge in [-0.2, -0.15) is 5.10 Å². The van der Waals surface area contributed by atoms with Crippen LogP contribution in [0.15, 0.2) is 48.5 Å². The Bertz CT molecular complexity index is 1140. The highest BCUT2D eigenvalue weighted by molar-refractivity contribution is 6.32. The van der Waals surface area contributed by atoms with Gasteiger partial charge in [0.15, 0.2) is 5.75 Å². The molecule has 0 aliphatic carbocycles. The number of amides is 1. The van der Waals surface area contributed by atoms with Crippen molar-refractivity contribution in [1.29, 1.82) is 0 Å². The Labute approximate surface area is 202 Å². The van der Waals surface area contributed by atoms with E-state index in [0.29, 0.717) is 35.6 Å². The molecule has 172 valence electrons. The monoisotopic (exact) mass is 485 g/mol. The maximum Gasteiger partial charge on any atom is 0.223 e. The highest BCUT2D eigenvalue weighted by Crippen LogP contribution is 2.42. The van der Waals surface area contributed by atoms with Gasteiger partial charge in [0, 0.05) is 29.7 Å². The molecule has 0 spiro atoms. The summed E-state index contributed by atoms with van der Waals surface area (Å²) >= 11 is 12.7. The Morgan fingerprint density at radius 1 is 1.00 bits per heavy atom. The number of rotatable bonds is 4. The molecule has 2 aliphatic rings. The van der Waals surface area contributed by atoms with Crippen LogP contribution in [0.2, 0.25) is 10.0 Å². The van der Waals surface area contributed by atoms with Crippen LogP contribution >= 0.6 is 23.2 Å². The molecule has 6 nitrogen and oxygen atoms in total. The average molecular weight is 486 g/mol. The lowest BCUT2D eigenvalue weighted by atomic mass is 9.98. The second-order valence-electron chi connectivity index (χ2n) is 8.37. The van der Waals surface area contributed by atoms with Crippen LogP contribution in [0, 0.1) is 5.92 Å². The normalized spacial score (nSPS) is 18.8. The molecule has 1 aromatic heterocycles. The number of nitrogens with zero attached hydrogens (tertiary/aromatic N) is 2. The molecule has 0 radical (unpaired) electrons. The van der Waals surface area contributed by atoms with Gasteiger partial charge >= 0.3 is 0 Å². The number of para-hydroxylation sites is 1. The summed E-state index contributed by atoms with van der Waals surface area (Å²) in [5, 5.41) is 9.43. The molecule has 5 rings (SSSR count). The molecule has 0 bridgehead atoms. The summed E-state index contributed by atoms with van der Waals surface area (Å²) in [5.74, 6) is 0.691. The molecule has 8 heteroatoms. The zero-order valence-corrected chi connectivity index (χ0v) is 19.6. The Morgan fingerprint density at radius 2 is 1.76 bits per heavy atom. The second-order valence-corrected chi connectivity index (χ2v) is 9.22. The molecule has 1 amide bonds. The minimum absolute atomic E-state index is 0.0345. The largest absolute Gasteiger partial charge is 0.489 e. The first-order valence-corrected chi connectivity index (χ1v) is 12.0. The molecule has 2 aromatic carbocycles. The van der Waals surface area contributed by atoms with Gasteiger partial charge in [0.1, 0.15) is 11.4 Å². The van der Waals surface area contributed by atoms with Crippen molar-refractivity contribution in [2.45, 2.75) is 31.7 Å². The average Bonchev–Trinajstić information content (AvgIpc) is 3.10. The van der Waals surface area contributed by atoms with Crippen molar-refractivity contribution in [3.05, 3.63) is 64.3 Å². The summed E-state index contributed by atoms with van der Waals surface area (Å²) in [6.45, 7) is 1.80. The Morgan fingerprint density at radius 3 is 2.52 bits per heavy atom. The van der Waals surface area contributed by atoms with E-state index < -0.39 is 0 Å². The smallest absolute Gasteiger partial charge is 0.223 e. The lowest BCUT2D eigenvalue weighted by Gasteiger charge is -2.24. The Balaban J connectivity index is 1.59. The quantitative estimate of drug-likeness (QED) is 0.521. The molecule has 0 saturated carbocycles. The lowest BCUT2D eigenvalue weighted by molar-refractivity contribution is -0.128. The first-order valence-electron chi connectivity index (χ1n) is 11.3. The van der Waals surface area contributed by atoms with Crippen LogP contribution in [0.5, 0.6) is 5.75 Å². The van der Waals surface area contributed by atoms with Gasteiger partial charge < -0.3 is 14.8 Å². The van der Waals surface area contributed by atoms with Crippen molar-refractivity contribution in [2.75, 3.05) is 19.8 Å². The number of ether oxygens (including phenoxy) is 2. The van der Waals surface area contributed by atoms with E-state index >= 15 is 0 Å². The van der Waals surface area contributed by atoms with E-state index in [9.17, 15) is 4.79 Å². The fourth-order valence-corrected chi connectivity index (χ4v) is 4.78. The third-order valence-corrected chi connectivity index (χ3v) is 6.76. The number of hydrogen-bond donors (Lipinski definition) is 1. The van der Waals surface area contributed by atoms with Gasteiger partial charge in [-0.15, -0.1) is 0 Å². The van der Waals surface area contributed by atoms with Gasteiger partial charge in [-0.05, 0) is 49.9 Å². The number of carbonyl (C=O) groups excluding carboxylic acids is 1. The summed E-state index contributed by atoms with van der Waals surface area (Å²) in [5.41, 5.74) is 3.17. The Hall–Kier alpha value is -2.54. The van der Waals surface area contributed by atoms with Crippen LogP contribution in [0.1, 0.15) is 37.4 Å². The molecule has 1 N–H and O–H groups in total. The first-order chi connectivity index (χ1) is 16.1. The molecule has 3 heterocycles. The first kappa shape index (κ1) is 22.3. The summed E-state index contributed by atoms with van der Waals surface area (Å²) in [6.07, 6.45) is 3.06. The van der Waals surface area contributed by atoms with Crippen LogP contribution in [0.4, 0.5) is 0 Å². The predicted octanol–water partition coefficient (Wildman–Crippen LogP) is 5.60. The lowest BCUT2D eigenvalue weighted by Crippen LogP contribution is -2.36. The van der Waals surface area contributed by atoms with Crippen molar-refractivity contribution in [3.63, 3.8) is 0 Å². The van der Waals surface area contributed by atoms with E-state index in [0.717, 1.165) is 48.3 Å². The fourth-order valence-electron chi connectivity index (χ4n) is 4.44. The standard InChI is InChI=1S/C25H25Cl2N3O3/c26-18-9-7-16(8-10-18)23-24-22(29-30(23)21-6-2-1-4-19(21)27)20(5-3-13-33-24)28-25(31)17-11-14-32-15-12-17/h1-2,4,6-10,17,20H,3,5,11-15H2,(H,28,31). The van der Waals surface area contributed by atoms with Crippen molar-refractivity contribution < 1.29 is 14.3 Å². The van der Waals surface area contributed by atoms with Crippen LogP contribution in [-0.2, 0) is 9.53 Å². The highest BCUT2D eigenvalue weighted by atomic mass is 35.5. The third-order valence-electron chi connectivity index (χ3n) is 6.19. The van der Waals surface area contributed by atoms with E-state index in [4.69, 9.17) is 37.8 Å². The SMILES string of the molecule is O=C(NC1CCCOc2c1nn(-c1ccccc1Cl)c2-c1ccc(Cl)cc1)C1CCOCC1. The number of fused-ring (bicyclic) bond motifs is 1. The highest BCUT2D eigenvalue weighted by Gasteiger charge is 2.32.